The minimum atomic E-state index is -0.254. The summed E-state index contributed by atoms with van der Waals surface area (Å²) in [5.74, 6) is -0.537. The Bertz CT molecular complexity index is 1100. The number of hydrogen-bond acceptors (Lipinski definition) is 3. The predicted octanol–water partition coefficient (Wildman–Crippen LogP) is 4.93. The van der Waals surface area contributed by atoms with Crippen molar-refractivity contribution < 1.29 is 9.59 Å². The molecule has 2 amide bonds. The van der Waals surface area contributed by atoms with Gasteiger partial charge < -0.3 is 4.57 Å². The fourth-order valence-corrected chi connectivity index (χ4v) is 5.63. The molecule has 1 aromatic carbocycles. The molecule has 0 spiro atoms. The fraction of sp³-hybridized carbons (Fsp3) is 0.348. The zero-order valence-electron chi connectivity index (χ0n) is 16.7. The summed E-state index contributed by atoms with van der Waals surface area (Å²) < 4.78 is 1.99. The maximum atomic E-state index is 12.9. The molecule has 2 bridgehead atoms. The number of allylic oxidation sites excluding steroid dienone is 2. The predicted molar refractivity (Wildman–Crippen MR) is 117 cm³/mol. The smallest absolute Gasteiger partial charge is 0.254 e. The van der Waals surface area contributed by atoms with Gasteiger partial charge in [0.05, 0.1) is 33.8 Å². The summed E-state index contributed by atoms with van der Waals surface area (Å²) in [6, 6.07) is 7.45. The molecule has 0 unspecified atom stereocenters. The van der Waals surface area contributed by atoms with Gasteiger partial charge in [0.15, 0.2) is 0 Å². The first-order valence-electron chi connectivity index (χ1n) is 10.1. The molecule has 2 fully saturated rings. The number of nitrogens with zero attached hydrogens (tertiary/aromatic N) is 3. The van der Waals surface area contributed by atoms with Crippen molar-refractivity contribution in [1.29, 1.82) is 0 Å². The van der Waals surface area contributed by atoms with Crippen LogP contribution in [0.5, 0.6) is 0 Å². The molecule has 5 nitrogen and oxygen atoms in total. The molecule has 1 saturated carbocycles. The average Bonchev–Trinajstić information content (AvgIpc) is 3.17. The highest BCUT2D eigenvalue weighted by Gasteiger charge is 2.56. The number of aryl methyl sites for hydroxylation is 1. The molecule has 0 N–H and O–H groups in total. The first-order valence-corrected chi connectivity index (χ1v) is 10.9. The minimum Gasteiger partial charge on any atom is -0.316 e. The number of hydrogen-bond donors (Lipinski definition) is 0. The van der Waals surface area contributed by atoms with Gasteiger partial charge in [0.25, 0.3) is 11.8 Å². The van der Waals surface area contributed by atoms with Crippen LogP contribution < -0.4 is 0 Å². The molecule has 2 aromatic rings. The van der Waals surface area contributed by atoms with Crippen molar-refractivity contribution in [2.45, 2.75) is 26.7 Å². The minimum absolute atomic E-state index is 0.159. The van der Waals surface area contributed by atoms with E-state index in [1.807, 2.05) is 36.6 Å². The Balaban J connectivity index is 1.47. The Morgan fingerprint density at radius 2 is 1.67 bits per heavy atom. The number of carbonyl (C=O) groups excluding carboxylic acids is 2. The maximum absolute atomic E-state index is 12.9. The number of imide groups is 1. The lowest BCUT2D eigenvalue weighted by molar-refractivity contribution is -0.140. The molecule has 0 radical (unpaired) electrons. The Morgan fingerprint density at radius 1 is 1.03 bits per heavy atom. The van der Waals surface area contributed by atoms with E-state index >= 15 is 0 Å². The standard InChI is InChI=1S/C23H21Cl2N3O2/c1-12-10-16(13(2)27(12)18-5-3-4-17(24)21(18)25)11-26-28-22(29)19-14-6-7-15(9-8-14)20(19)23(28)30/h3-7,10-11,14-15,19-20H,8-9H2,1-2H3/b26-11-/t14-,15-,19+,20+/m0/s1. The number of hydrazone groups is 1. The topological polar surface area (TPSA) is 54.7 Å². The summed E-state index contributed by atoms with van der Waals surface area (Å²) >= 11 is 12.6. The molecule has 2 heterocycles. The number of carbonyl (C=O) groups is 2. The van der Waals surface area contributed by atoms with Crippen LogP contribution in [-0.2, 0) is 9.59 Å². The summed E-state index contributed by atoms with van der Waals surface area (Å²) in [4.78, 5) is 25.9. The van der Waals surface area contributed by atoms with Crippen LogP contribution >= 0.6 is 23.2 Å². The summed E-state index contributed by atoms with van der Waals surface area (Å²) in [5.41, 5.74) is 3.45. The molecule has 4 aliphatic rings. The van der Waals surface area contributed by atoms with Crippen molar-refractivity contribution in [3.05, 3.63) is 63.4 Å². The van der Waals surface area contributed by atoms with Crippen LogP contribution in [0, 0.1) is 37.5 Å². The number of amides is 2. The maximum Gasteiger partial charge on any atom is 0.254 e. The van der Waals surface area contributed by atoms with E-state index in [2.05, 4.69) is 17.3 Å². The Labute approximate surface area is 184 Å². The Morgan fingerprint density at radius 3 is 2.27 bits per heavy atom. The van der Waals surface area contributed by atoms with Gasteiger partial charge in [-0.1, -0.05) is 41.4 Å². The van der Waals surface area contributed by atoms with Gasteiger partial charge >= 0.3 is 0 Å². The molecule has 1 aliphatic heterocycles. The second-order valence-electron chi connectivity index (χ2n) is 8.31. The number of halogens is 2. The summed E-state index contributed by atoms with van der Waals surface area (Å²) in [6.07, 6.45) is 7.76. The molecule has 4 atom stereocenters. The third kappa shape index (κ3) is 2.79. The van der Waals surface area contributed by atoms with Crippen molar-refractivity contribution in [3.8, 4) is 5.69 Å². The lowest BCUT2D eigenvalue weighted by atomic mass is 9.63. The molecule has 3 aliphatic carbocycles. The second-order valence-corrected chi connectivity index (χ2v) is 9.09. The van der Waals surface area contributed by atoms with Crippen molar-refractivity contribution in [1.82, 2.24) is 9.58 Å². The normalized spacial score (nSPS) is 27.5. The van der Waals surface area contributed by atoms with Gasteiger partial charge in [-0.05, 0) is 56.7 Å². The van der Waals surface area contributed by atoms with Gasteiger partial charge in [-0.2, -0.15) is 10.1 Å². The zero-order valence-corrected chi connectivity index (χ0v) is 18.2. The summed E-state index contributed by atoms with van der Waals surface area (Å²) in [5, 5.41) is 6.38. The first kappa shape index (κ1) is 19.6. The average molecular weight is 442 g/mol. The first-order chi connectivity index (χ1) is 14.4. The van der Waals surface area contributed by atoms with Crippen molar-refractivity contribution >= 4 is 41.2 Å². The van der Waals surface area contributed by atoms with E-state index in [1.165, 1.54) is 0 Å². The number of aromatic nitrogens is 1. The lowest BCUT2D eigenvalue weighted by Crippen LogP contribution is -2.38. The molecule has 30 heavy (non-hydrogen) atoms. The SMILES string of the molecule is Cc1cc(/C=N\N2C(=O)[C@H]3[C@H](C2=O)[C@H]2C=C[C@H]3CC2)c(C)n1-c1cccc(Cl)c1Cl. The van der Waals surface area contributed by atoms with Crippen molar-refractivity contribution in [2.75, 3.05) is 0 Å². The highest BCUT2D eigenvalue weighted by atomic mass is 35.5. The number of rotatable bonds is 3. The number of fused-ring (bicyclic) bond motifs is 1. The van der Waals surface area contributed by atoms with Crippen LogP contribution in [0.3, 0.4) is 0 Å². The molecule has 1 aromatic heterocycles. The summed E-state index contributed by atoms with van der Waals surface area (Å²) in [7, 11) is 0. The van der Waals surface area contributed by atoms with Crippen LogP contribution in [-0.4, -0.2) is 27.6 Å². The van der Waals surface area contributed by atoms with Gasteiger partial charge in [0, 0.05) is 17.0 Å². The van der Waals surface area contributed by atoms with Crippen LogP contribution in [0.15, 0.2) is 41.5 Å². The molecular formula is C23H21Cl2N3O2. The van der Waals surface area contributed by atoms with E-state index in [4.69, 9.17) is 23.2 Å². The fourth-order valence-electron chi connectivity index (χ4n) is 5.25. The van der Waals surface area contributed by atoms with E-state index in [9.17, 15) is 9.59 Å². The monoisotopic (exact) mass is 441 g/mol. The van der Waals surface area contributed by atoms with Crippen molar-refractivity contribution in [2.24, 2.45) is 28.8 Å². The highest BCUT2D eigenvalue weighted by Crippen LogP contribution is 2.49. The third-order valence-electron chi connectivity index (χ3n) is 6.69. The van der Waals surface area contributed by atoms with E-state index in [0.717, 1.165) is 40.5 Å². The summed E-state index contributed by atoms with van der Waals surface area (Å²) in [6.45, 7) is 3.91. The number of benzene rings is 1. The van der Waals surface area contributed by atoms with Crippen LogP contribution in [0.1, 0.15) is 29.8 Å². The van der Waals surface area contributed by atoms with Crippen LogP contribution in [0.4, 0.5) is 0 Å². The third-order valence-corrected chi connectivity index (χ3v) is 7.50. The van der Waals surface area contributed by atoms with Gasteiger partial charge in [-0.3, -0.25) is 9.59 Å². The largest absolute Gasteiger partial charge is 0.316 e. The molecule has 7 heteroatoms. The quantitative estimate of drug-likeness (QED) is 0.385. The van der Waals surface area contributed by atoms with E-state index in [0.29, 0.717) is 10.0 Å². The second kappa shape index (κ2) is 7.10. The van der Waals surface area contributed by atoms with Gasteiger partial charge in [0.1, 0.15) is 0 Å². The Hall–Kier alpha value is -2.37. The van der Waals surface area contributed by atoms with Gasteiger partial charge in [0.2, 0.25) is 0 Å². The molecular weight excluding hydrogens is 421 g/mol. The molecule has 1 saturated heterocycles. The van der Waals surface area contributed by atoms with E-state index in [1.54, 1.807) is 12.3 Å². The van der Waals surface area contributed by atoms with Gasteiger partial charge in [-0.15, -0.1) is 0 Å². The molecule has 154 valence electrons. The van der Waals surface area contributed by atoms with Crippen molar-refractivity contribution in [3.63, 3.8) is 0 Å². The van der Waals surface area contributed by atoms with E-state index in [-0.39, 0.29) is 35.5 Å². The van der Waals surface area contributed by atoms with Gasteiger partial charge in [-0.25, -0.2) is 0 Å². The highest BCUT2D eigenvalue weighted by molar-refractivity contribution is 6.43. The zero-order chi connectivity index (χ0) is 21.2. The Kier molecular flexibility index (Phi) is 4.64. The molecule has 6 rings (SSSR count). The van der Waals surface area contributed by atoms with Crippen LogP contribution in [0.25, 0.3) is 5.69 Å². The van der Waals surface area contributed by atoms with Crippen LogP contribution in [0.2, 0.25) is 10.0 Å². The lowest BCUT2D eigenvalue weighted by Gasteiger charge is -2.37. The van der Waals surface area contributed by atoms with E-state index < -0.39 is 0 Å².